The second-order valence-corrected chi connectivity index (χ2v) is 7.87. The van der Waals surface area contributed by atoms with Crippen molar-refractivity contribution in [1.29, 1.82) is 0 Å². The summed E-state index contributed by atoms with van der Waals surface area (Å²) >= 11 is 0. The van der Waals surface area contributed by atoms with Crippen LogP contribution >= 0.6 is 0 Å². The van der Waals surface area contributed by atoms with Gasteiger partial charge in [0.2, 0.25) is 6.10 Å². The van der Waals surface area contributed by atoms with Gasteiger partial charge in [0.25, 0.3) is 0 Å². The topological polar surface area (TPSA) is 144 Å². The van der Waals surface area contributed by atoms with Crippen LogP contribution in [0.25, 0.3) is 0 Å². The lowest BCUT2D eigenvalue weighted by molar-refractivity contribution is -0.175. The summed E-state index contributed by atoms with van der Waals surface area (Å²) in [6, 6.07) is 0. The monoisotopic (exact) mass is 433 g/mol. The largest absolute Gasteiger partial charge is 0.467 e. The zero-order valence-electron chi connectivity index (χ0n) is 18.7. The predicted molar refractivity (Wildman–Crippen MR) is 102 cm³/mol. The van der Waals surface area contributed by atoms with Crippen molar-refractivity contribution >= 4 is 30.0 Å². The van der Waals surface area contributed by atoms with E-state index in [1.165, 1.54) is 20.8 Å². The zero-order valence-corrected chi connectivity index (χ0v) is 18.7. The Morgan fingerprint density at radius 3 is 1.93 bits per heavy atom. The fourth-order valence-corrected chi connectivity index (χ4v) is 2.11. The van der Waals surface area contributed by atoms with Crippen LogP contribution in [0.1, 0.15) is 48.5 Å². The van der Waals surface area contributed by atoms with E-state index in [1.807, 2.05) is 0 Å². The highest BCUT2D eigenvalue weighted by Gasteiger charge is 2.41. The Balaban J connectivity index is 5.33. The van der Waals surface area contributed by atoms with E-state index in [4.69, 9.17) is 18.9 Å². The number of carbonyl (C=O) groups is 5. The van der Waals surface area contributed by atoms with Crippen molar-refractivity contribution in [1.82, 2.24) is 5.32 Å². The maximum atomic E-state index is 12.5. The summed E-state index contributed by atoms with van der Waals surface area (Å²) in [7, 11) is 1.10. The van der Waals surface area contributed by atoms with Crippen molar-refractivity contribution in [2.75, 3.05) is 20.3 Å². The van der Waals surface area contributed by atoms with E-state index in [2.05, 4.69) is 10.1 Å². The minimum absolute atomic E-state index is 0.202. The quantitative estimate of drug-likeness (QED) is 0.415. The lowest BCUT2D eigenvalue weighted by atomic mass is 10.0. The molecule has 0 spiro atoms. The van der Waals surface area contributed by atoms with Gasteiger partial charge in [-0.15, -0.1) is 0 Å². The van der Waals surface area contributed by atoms with Gasteiger partial charge >= 0.3 is 30.0 Å². The van der Waals surface area contributed by atoms with Crippen LogP contribution in [0.4, 0.5) is 4.79 Å². The first-order valence-electron chi connectivity index (χ1n) is 9.18. The van der Waals surface area contributed by atoms with E-state index in [-0.39, 0.29) is 6.61 Å². The maximum Gasteiger partial charge on any atom is 0.408 e. The smallest absolute Gasteiger partial charge is 0.408 e. The molecule has 0 unspecified atom stereocenters. The molecule has 0 aromatic carbocycles. The van der Waals surface area contributed by atoms with Crippen LogP contribution in [-0.2, 0) is 42.9 Å². The van der Waals surface area contributed by atoms with E-state index in [0.717, 1.165) is 14.0 Å². The van der Waals surface area contributed by atoms with Crippen molar-refractivity contribution in [3.05, 3.63) is 0 Å². The number of carbonyl (C=O) groups excluding carboxylic acids is 5. The molecule has 0 aliphatic carbocycles. The van der Waals surface area contributed by atoms with Gasteiger partial charge in [0, 0.05) is 19.8 Å². The van der Waals surface area contributed by atoms with Crippen LogP contribution in [-0.4, -0.2) is 67.5 Å². The van der Waals surface area contributed by atoms with Crippen LogP contribution in [0.5, 0.6) is 0 Å². The van der Waals surface area contributed by atoms with Crippen molar-refractivity contribution in [2.45, 2.75) is 65.7 Å². The van der Waals surface area contributed by atoms with Gasteiger partial charge < -0.3 is 29.0 Å². The highest BCUT2D eigenvalue weighted by molar-refractivity contribution is 5.86. The summed E-state index contributed by atoms with van der Waals surface area (Å²) in [5, 5.41) is 2.32. The number of ether oxygens (including phenoxy) is 5. The first-order chi connectivity index (χ1) is 13.6. The molecule has 172 valence electrons. The van der Waals surface area contributed by atoms with E-state index in [1.54, 1.807) is 20.8 Å². The molecule has 0 aromatic rings. The van der Waals surface area contributed by atoms with E-state index < -0.39 is 59.7 Å². The Morgan fingerprint density at radius 2 is 1.50 bits per heavy atom. The Morgan fingerprint density at radius 1 is 0.933 bits per heavy atom. The number of alkyl carbamates (subject to hydrolysis) is 1. The van der Waals surface area contributed by atoms with Crippen molar-refractivity contribution in [3.8, 4) is 0 Å². The van der Waals surface area contributed by atoms with E-state index >= 15 is 0 Å². The third kappa shape index (κ3) is 10.1. The fraction of sp³-hybridized carbons (Fsp3) is 0.737. The standard InChI is InChI=1S/C19H31NO10/c1-11(9-27-12(2)21)14(29-13(3)22)15(23)28-10-19(7,16(24)26-8)20-17(25)30-18(4,5)6/h11,14H,9-10H2,1-8H3,(H,20,25)/t11-,14+,19-/m0/s1. The molecule has 0 rings (SSSR count). The number of amides is 1. The molecule has 0 bridgehead atoms. The second kappa shape index (κ2) is 11.4. The molecule has 0 radical (unpaired) electrons. The average Bonchev–Trinajstić information content (AvgIpc) is 2.59. The van der Waals surface area contributed by atoms with Gasteiger partial charge in [-0.2, -0.15) is 0 Å². The Labute approximate surface area is 175 Å². The van der Waals surface area contributed by atoms with Crippen LogP contribution in [0, 0.1) is 5.92 Å². The van der Waals surface area contributed by atoms with Crippen LogP contribution in [0.15, 0.2) is 0 Å². The Hall–Kier alpha value is -2.85. The molecule has 0 aliphatic rings. The molecule has 0 saturated heterocycles. The minimum Gasteiger partial charge on any atom is -0.467 e. The summed E-state index contributed by atoms with van der Waals surface area (Å²) in [5.41, 5.74) is -2.60. The molecule has 30 heavy (non-hydrogen) atoms. The van der Waals surface area contributed by atoms with Crippen molar-refractivity contribution in [3.63, 3.8) is 0 Å². The molecule has 0 heterocycles. The Bertz CT molecular complexity index is 654. The highest BCUT2D eigenvalue weighted by atomic mass is 16.6. The van der Waals surface area contributed by atoms with Crippen LogP contribution in [0.2, 0.25) is 0 Å². The Kier molecular flexibility index (Phi) is 10.3. The zero-order chi connectivity index (χ0) is 23.7. The minimum atomic E-state index is -1.77. The second-order valence-electron chi connectivity index (χ2n) is 7.87. The number of rotatable bonds is 9. The summed E-state index contributed by atoms with van der Waals surface area (Å²) in [6.45, 7) is 9.15. The van der Waals surface area contributed by atoms with Gasteiger partial charge in [-0.25, -0.2) is 14.4 Å². The van der Waals surface area contributed by atoms with Crippen LogP contribution in [0.3, 0.4) is 0 Å². The fourth-order valence-electron chi connectivity index (χ4n) is 2.11. The molecule has 0 fully saturated rings. The molecule has 0 aromatic heterocycles. The van der Waals surface area contributed by atoms with Crippen molar-refractivity contribution in [2.24, 2.45) is 5.92 Å². The SMILES string of the molecule is COC(=O)[C@](C)(COC(=O)[C@H](OC(C)=O)[C@@H](C)COC(C)=O)NC(=O)OC(C)(C)C. The maximum absolute atomic E-state index is 12.5. The molecule has 11 heteroatoms. The van der Waals surface area contributed by atoms with Crippen LogP contribution < -0.4 is 5.32 Å². The molecule has 0 saturated carbocycles. The van der Waals surface area contributed by atoms with E-state index in [0.29, 0.717) is 0 Å². The summed E-state index contributed by atoms with van der Waals surface area (Å²) in [6.07, 6.45) is -2.32. The normalized spacial score (nSPS) is 14.9. The van der Waals surface area contributed by atoms with E-state index in [9.17, 15) is 24.0 Å². The lowest BCUT2D eigenvalue weighted by Gasteiger charge is -2.30. The number of hydrogen-bond donors (Lipinski definition) is 1. The van der Waals surface area contributed by atoms with Gasteiger partial charge in [-0.05, 0) is 27.7 Å². The average molecular weight is 433 g/mol. The van der Waals surface area contributed by atoms with Gasteiger partial charge in [-0.3, -0.25) is 9.59 Å². The number of nitrogens with one attached hydrogen (secondary N) is 1. The molecule has 1 N–H and O–H groups in total. The third-order valence-electron chi connectivity index (χ3n) is 3.51. The van der Waals surface area contributed by atoms with Gasteiger partial charge in [0.15, 0.2) is 5.54 Å². The third-order valence-corrected chi connectivity index (χ3v) is 3.51. The van der Waals surface area contributed by atoms with Gasteiger partial charge in [-0.1, -0.05) is 6.92 Å². The summed E-state index contributed by atoms with van der Waals surface area (Å²) < 4.78 is 24.7. The van der Waals surface area contributed by atoms with Gasteiger partial charge in [0.1, 0.15) is 12.2 Å². The summed E-state index contributed by atoms with van der Waals surface area (Å²) in [5.74, 6) is -3.94. The first kappa shape index (κ1) is 27.1. The predicted octanol–water partition coefficient (Wildman–Crippen LogP) is 1.12. The highest BCUT2D eigenvalue weighted by Crippen LogP contribution is 2.15. The first-order valence-corrected chi connectivity index (χ1v) is 9.18. The van der Waals surface area contributed by atoms with Gasteiger partial charge in [0.05, 0.1) is 13.7 Å². The van der Waals surface area contributed by atoms with Crippen molar-refractivity contribution < 1.29 is 47.7 Å². The lowest BCUT2D eigenvalue weighted by Crippen LogP contribution is -2.57. The molecular formula is C19H31NO10. The number of hydrogen-bond acceptors (Lipinski definition) is 10. The number of esters is 4. The molecule has 1 amide bonds. The molecular weight excluding hydrogens is 402 g/mol. The summed E-state index contributed by atoms with van der Waals surface area (Å²) in [4.78, 5) is 59.1. The molecule has 3 atom stereocenters. The number of methoxy groups -OCH3 is 1. The molecule has 11 nitrogen and oxygen atoms in total. The molecule has 0 aliphatic heterocycles.